The maximum absolute atomic E-state index is 14.2. The van der Waals surface area contributed by atoms with Crippen LogP contribution in [-0.4, -0.2) is 104 Å². The van der Waals surface area contributed by atoms with Crippen molar-refractivity contribution >= 4 is 46.7 Å². The number of likely N-dealkylation sites (N-methyl/N-ethyl adjacent to an activating group) is 1. The highest BCUT2D eigenvalue weighted by molar-refractivity contribution is 6.35. The Morgan fingerprint density at radius 2 is 1.91 bits per heavy atom. The van der Waals surface area contributed by atoms with E-state index in [4.69, 9.17) is 41.0 Å². The first-order valence-electron chi connectivity index (χ1n) is 18.0. The number of nitrogens with two attached hydrogens (primary N) is 1. The van der Waals surface area contributed by atoms with Crippen molar-refractivity contribution < 1.29 is 52.4 Å². The molecule has 3 aliphatic heterocycles. The van der Waals surface area contributed by atoms with Crippen LogP contribution in [-0.2, 0) is 39.8 Å². The zero-order chi connectivity index (χ0) is 40.6. The summed E-state index contributed by atoms with van der Waals surface area (Å²) in [6.45, 7) is 6.83. The van der Waals surface area contributed by atoms with E-state index in [1.165, 1.54) is 45.2 Å². The van der Waals surface area contributed by atoms with Gasteiger partial charge in [-0.15, -0.1) is 0 Å². The first-order chi connectivity index (χ1) is 25.8. The Morgan fingerprint density at radius 1 is 1.20 bits per heavy atom. The van der Waals surface area contributed by atoms with Crippen molar-refractivity contribution in [3.8, 4) is 5.75 Å². The number of nitrogens with zero attached hydrogens (tertiary/aromatic N) is 2. The number of amides is 2. The van der Waals surface area contributed by atoms with Crippen LogP contribution in [0.1, 0.15) is 62.9 Å². The lowest BCUT2D eigenvalue weighted by molar-refractivity contribution is -0.187. The lowest BCUT2D eigenvalue weighted by Crippen LogP contribution is -2.53. The van der Waals surface area contributed by atoms with E-state index in [1.807, 2.05) is 13.0 Å². The highest BCUT2D eigenvalue weighted by Gasteiger charge is 2.64. The van der Waals surface area contributed by atoms with Crippen molar-refractivity contribution in [2.75, 3.05) is 38.9 Å². The van der Waals surface area contributed by atoms with Gasteiger partial charge < -0.3 is 44.3 Å². The minimum absolute atomic E-state index is 0.0211. The van der Waals surface area contributed by atoms with Gasteiger partial charge in [0.2, 0.25) is 5.91 Å². The molecule has 298 valence electrons. The van der Waals surface area contributed by atoms with Gasteiger partial charge in [0, 0.05) is 39.1 Å². The quantitative estimate of drug-likeness (QED) is 0.234. The third kappa shape index (κ3) is 8.67. The topological polar surface area (TPSA) is 170 Å². The lowest BCUT2D eigenvalue weighted by Gasteiger charge is -2.41. The molecule has 2 amide bonds. The Bertz CT molecular complexity index is 1910. The van der Waals surface area contributed by atoms with Gasteiger partial charge in [-0.3, -0.25) is 14.4 Å². The normalized spacial score (nSPS) is 30.6. The molecule has 0 aliphatic carbocycles. The number of nitrogen functional groups attached to an aromatic ring is 1. The summed E-state index contributed by atoms with van der Waals surface area (Å²) in [5.41, 5.74) is 4.59. The molecule has 3 aliphatic rings. The van der Waals surface area contributed by atoms with Gasteiger partial charge in [0.1, 0.15) is 52.1 Å². The number of carbonyl (C=O) groups excluding carboxylic acids is 4. The molecule has 2 aromatic carbocycles. The molecule has 15 heteroatoms. The Kier molecular flexibility index (Phi) is 12.4. The van der Waals surface area contributed by atoms with Crippen LogP contribution in [0, 0.1) is 11.7 Å². The fourth-order valence-electron chi connectivity index (χ4n) is 7.30. The molecule has 2 aromatic rings. The van der Waals surface area contributed by atoms with Gasteiger partial charge in [-0.05, 0) is 63.1 Å². The van der Waals surface area contributed by atoms with Gasteiger partial charge in [0.15, 0.2) is 0 Å². The predicted octanol–water partition coefficient (Wildman–Crippen LogP) is 4.80. The summed E-state index contributed by atoms with van der Waals surface area (Å²) in [6, 6.07) is 5.94. The van der Waals surface area contributed by atoms with Gasteiger partial charge in [0.25, 0.3) is 5.91 Å². The molecule has 0 saturated carbocycles. The van der Waals surface area contributed by atoms with Crippen molar-refractivity contribution in [1.82, 2.24) is 4.90 Å². The molecule has 0 radical (unpaired) electrons. The fraction of sp³-hybridized carbons (Fsp3) is 0.500. The molecule has 0 aromatic heterocycles. The summed E-state index contributed by atoms with van der Waals surface area (Å²) in [4.78, 5) is 56.7. The van der Waals surface area contributed by atoms with E-state index in [-0.39, 0.29) is 35.5 Å². The van der Waals surface area contributed by atoms with Crippen LogP contribution in [0.15, 0.2) is 54.1 Å². The van der Waals surface area contributed by atoms with Crippen LogP contribution in [0.25, 0.3) is 0 Å². The Hall–Kier alpha value is -4.50. The van der Waals surface area contributed by atoms with E-state index in [2.05, 4.69) is 0 Å². The SMILES string of the molecule is COc1cc2cc(c1Cl)N(C)C(=O)C[C@H](OC(=O)[C@H](C)N(C)C(=O)c1ccc(N)c(F)c1)[C@]1(C)O[C@H]1[C@H](C)[C@@H]1C[C@@](O)(CC(=O)O1)[C@H](OC)/C=C/C=C(\C)C2. The smallest absolute Gasteiger partial charge is 0.328 e. The summed E-state index contributed by atoms with van der Waals surface area (Å²) in [5.74, 6) is -3.60. The molecule has 2 fully saturated rings. The number of aliphatic hydroxyl groups is 1. The minimum Gasteiger partial charge on any atom is -0.495 e. The Labute approximate surface area is 325 Å². The number of ether oxygens (including phenoxy) is 5. The number of benzene rings is 2. The molecule has 3 heterocycles. The minimum atomic E-state index is -1.61. The van der Waals surface area contributed by atoms with Gasteiger partial charge in [0.05, 0.1) is 37.4 Å². The molecule has 3 N–H and O–H groups in total. The third-order valence-corrected chi connectivity index (χ3v) is 11.3. The molecule has 0 unspecified atom stereocenters. The largest absolute Gasteiger partial charge is 0.495 e. The molecule has 55 heavy (non-hydrogen) atoms. The standard InChI is InChI=1S/C40H49ClFN3O10/c1-21-10-9-11-31(52-8)40(50)19-30(53-34(47)20-40)22(2)36-39(4,55-36)32(18-33(46)45(6)28-15-24(14-21)16-29(51-7)35(28)41)54-38(49)23(3)44(5)37(48)25-12-13-27(43)26(42)17-25/h9-13,15-17,22-23,30-32,36,50H,14,18-20,43H2,1-8H3/b11-9+,21-10+/t22-,23+,30+,31-,32+,36+,39+,40-/m1/s1. The zero-order valence-corrected chi connectivity index (χ0v) is 33.0. The first kappa shape index (κ1) is 41.7. The third-order valence-electron chi connectivity index (χ3n) is 11.0. The number of halogens is 2. The molecule has 8 atom stereocenters. The number of anilines is 2. The lowest BCUT2D eigenvalue weighted by atomic mass is 9.78. The fourth-order valence-corrected chi connectivity index (χ4v) is 7.61. The average Bonchev–Trinajstić information content (AvgIpc) is 3.84. The monoisotopic (exact) mass is 785 g/mol. The van der Waals surface area contributed by atoms with Crippen LogP contribution < -0.4 is 15.4 Å². The highest BCUT2D eigenvalue weighted by Crippen LogP contribution is 2.50. The number of hydrogen-bond acceptors (Lipinski definition) is 11. The van der Waals surface area contributed by atoms with E-state index >= 15 is 0 Å². The van der Waals surface area contributed by atoms with Gasteiger partial charge in [-0.1, -0.05) is 42.3 Å². The maximum Gasteiger partial charge on any atom is 0.328 e. The second-order valence-corrected chi connectivity index (χ2v) is 15.2. The average molecular weight is 786 g/mol. The number of allylic oxidation sites excluding steroid dienone is 3. The van der Waals surface area contributed by atoms with E-state index in [0.717, 1.165) is 22.1 Å². The van der Waals surface area contributed by atoms with E-state index in [1.54, 1.807) is 45.2 Å². The molecule has 13 nitrogen and oxygen atoms in total. The maximum atomic E-state index is 14.2. The van der Waals surface area contributed by atoms with Crippen molar-refractivity contribution in [3.05, 3.63) is 76.1 Å². The molecular weight excluding hydrogens is 737 g/mol. The van der Waals surface area contributed by atoms with Crippen LogP contribution in [0.4, 0.5) is 15.8 Å². The number of methoxy groups -OCH3 is 2. The number of epoxide rings is 1. The summed E-state index contributed by atoms with van der Waals surface area (Å²) in [6.07, 6.45) is 1.51. The van der Waals surface area contributed by atoms with Crippen LogP contribution >= 0.6 is 11.6 Å². The van der Waals surface area contributed by atoms with Gasteiger partial charge >= 0.3 is 11.9 Å². The summed E-state index contributed by atoms with van der Waals surface area (Å²) in [5, 5.41) is 12.0. The number of carbonyl (C=O) groups is 4. The summed E-state index contributed by atoms with van der Waals surface area (Å²) in [7, 11) is 5.84. The zero-order valence-electron chi connectivity index (χ0n) is 32.3. The van der Waals surface area contributed by atoms with E-state index in [0.29, 0.717) is 17.9 Å². The van der Waals surface area contributed by atoms with Gasteiger partial charge in [-0.2, -0.15) is 0 Å². The summed E-state index contributed by atoms with van der Waals surface area (Å²) >= 11 is 6.75. The van der Waals surface area contributed by atoms with E-state index < -0.39 is 77.1 Å². The predicted molar refractivity (Wildman–Crippen MR) is 202 cm³/mol. The molecule has 2 saturated heterocycles. The van der Waals surface area contributed by atoms with Crippen molar-refractivity contribution in [2.45, 2.75) is 95.0 Å². The number of rotatable bonds is 6. The molecule has 0 spiro atoms. The molecule has 5 rings (SSSR count). The Morgan fingerprint density at radius 3 is 2.56 bits per heavy atom. The second-order valence-electron chi connectivity index (χ2n) is 14.9. The number of esters is 2. The van der Waals surface area contributed by atoms with Crippen LogP contribution in [0.3, 0.4) is 0 Å². The van der Waals surface area contributed by atoms with Crippen LogP contribution in [0.2, 0.25) is 5.02 Å². The first-order valence-corrected chi connectivity index (χ1v) is 18.3. The molecular formula is C40H49ClFN3O10. The van der Waals surface area contributed by atoms with Gasteiger partial charge in [-0.25, -0.2) is 9.18 Å². The van der Waals surface area contributed by atoms with Crippen molar-refractivity contribution in [1.29, 1.82) is 0 Å². The number of fused-ring (bicyclic) bond motifs is 5. The summed E-state index contributed by atoms with van der Waals surface area (Å²) < 4.78 is 43.5. The molecule has 4 bridgehead atoms. The Balaban J connectivity index is 1.52. The van der Waals surface area contributed by atoms with E-state index in [9.17, 15) is 28.7 Å². The van der Waals surface area contributed by atoms with Crippen molar-refractivity contribution in [2.24, 2.45) is 5.92 Å². The number of hydrogen-bond donors (Lipinski definition) is 2. The highest BCUT2D eigenvalue weighted by atomic mass is 35.5. The second kappa shape index (κ2) is 16.3. The van der Waals surface area contributed by atoms with Crippen LogP contribution in [0.5, 0.6) is 5.75 Å². The van der Waals surface area contributed by atoms with Crippen molar-refractivity contribution in [3.63, 3.8) is 0 Å².